The lowest BCUT2D eigenvalue weighted by Gasteiger charge is -2.21. The molecule has 3 aromatic heterocycles. The van der Waals surface area contributed by atoms with Crippen molar-refractivity contribution in [1.82, 2.24) is 9.05 Å². The molecule has 0 bridgehead atoms. The Morgan fingerprint density at radius 2 is 1.30 bits per heavy atom. The van der Waals surface area contributed by atoms with Crippen LogP contribution in [-0.4, -0.2) is 53.9 Å². The third-order valence-corrected chi connectivity index (χ3v) is 13.1. The van der Waals surface area contributed by atoms with Gasteiger partial charge in [-0.05, 0) is 154 Å². The maximum Gasteiger partial charge on any atom is 0.677 e. The zero-order valence-electron chi connectivity index (χ0n) is 39.9. The minimum Gasteiger partial charge on any atom is -0.492 e. The summed E-state index contributed by atoms with van der Waals surface area (Å²) in [5, 5.41) is 2.85. The van der Waals surface area contributed by atoms with E-state index in [1.165, 1.54) is 19.1 Å². The molecule has 71 heavy (non-hydrogen) atoms. The summed E-state index contributed by atoms with van der Waals surface area (Å²) in [7, 11) is -3.09. The highest BCUT2D eigenvalue weighted by Crippen LogP contribution is 2.44. The highest BCUT2D eigenvalue weighted by Gasteiger charge is 2.37. The van der Waals surface area contributed by atoms with Crippen molar-refractivity contribution < 1.29 is 50.0 Å². The van der Waals surface area contributed by atoms with E-state index in [-0.39, 0.29) is 76.5 Å². The van der Waals surface area contributed by atoms with E-state index in [0.717, 1.165) is 21.2 Å². The van der Waals surface area contributed by atoms with Gasteiger partial charge in [0, 0.05) is 43.9 Å². The van der Waals surface area contributed by atoms with E-state index in [0.29, 0.717) is 77.6 Å². The molecule has 0 N–H and O–H groups in total. The van der Waals surface area contributed by atoms with Crippen molar-refractivity contribution in [3.8, 4) is 16.9 Å². The molecule has 0 unspecified atom stereocenters. The summed E-state index contributed by atoms with van der Waals surface area (Å²) in [5.41, 5.74) is 3.54. The van der Waals surface area contributed by atoms with Gasteiger partial charge >= 0.3 is 25.5 Å². The molecule has 0 spiro atoms. The average molecular weight is 970 g/mol. The molecule has 0 fully saturated rings. The van der Waals surface area contributed by atoms with Crippen molar-refractivity contribution in [2.75, 3.05) is 19.8 Å². The number of aromatic nitrogens is 2. The Bertz CT molecular complexity index is 3710. The molecule has 5 aromatic carbocycles. The molecule has 1 aliphatic heterocycles. The van der Waals surface area contributed by atoms with Crippen LogP contribution in [0.15, 0.2) is 115 Å². The van der Waals surface area contributed by atoms with Crippen LogP contribution in [0.1, 0.15) is 77.3 Å². The molecule has 0 aliphatic carbocycles. The lowest BCUT2D eigenvalue weighted by atomic mass is 9.87. The summed E-state index contributed by atoms with van der Waals surface area (Å²) in [6, 6.07) is 20.2. The monoisotopic (exact) mass is 969 g/mol. The molecular weight excluding hydrogens is 924 g/mol. The van der Waals surface area contributed by atoms with Gasteiger partial charge in [-0.25, -0.2) is 9.59 Å². The number of ether oxygens (including phenoxy) is 3. The van der Waals surface area contributed by atoms with Gasteiger partial charge in [0.25, 0.3) is 11.1 Å². The van der Waals surface area contributed by atoms with E-state index < -0.39 is 42.2 Å². The Balaban J connectivity index is 1.08. The molecule has 362 valence electrons. The molecule has 9 rings (SSSR count). The summed E-state index contributed by atoms with van der Waals surface area (Å²) >= 11 is 0. The van der Waals surface area contributed by atoms with Crippen molar-refractivity contribution >= 4 is 74.1 Å². The average Bonchev–Trinajstić information content (AvgIpc) is 3.77. The highest BCUT2D eigenvalue weighted by atomic mass is 19.4. The minimum absolute atomic E-state index is 0.0118. The van der Waals surface area contributed by atoms with Gasteiger partial charge in [-0.2, -0.15) is 13.2 Å². The maximum atomic E-state index is 15.3. The van der Waals surface area contributed by atoms with Crippen LogP contribution in [0.2, 0.25) is 0 Å². The fourth-order valence-electron chi connectivity index (χ4n) is 10.1. The molecule has 0 saturated carbocycles. The van der Waals surface area contributed by atoms with Crippen LogP contribution in [0.3, 0.4) is 0 Å². The number of alkyl halides is 3. The predicted octanol–water partition coefficient (Wildman–Crippen LogP) is 11.7. The molecule has 0 saturated heterocycles. The molecule has 1 aliphatic rings. The summed E-state index contributed by atoms with van der Waals surface area (Å²) in [5.74, 6) is -1.03. The van der Waals surface area contributed by atoms with Gasteiger partial charge in [0.2, 0.25) is 0 Å². The maximum absolute atomic E-state index is 15.3. The highest BCUT2D eigenvalue weighted by molar-refractivity contribution is 6.42. The lowest BCUT2D eigenvalue weighted by molar-refractivity contribution is -0.138. The summed E-state index contributed by atoms with van der Waals surface area (Å²) < 4.78 is 95.5. The Labute approximate surface area is 403 Å². The number of halogens is 5. The van der Waals surface area contributed by atoms with E-state index in [9.17, 15) is 32.3 Å². The smallest absolute Gasteiger partial charge is 0.492 e. The van der Waals surface area contributed by atoms with E-state index >= 15 is 8.63 Å². The van der Waals surface area contributed by atoms with Gasteiger partial charge in [0.15, 0.2) is 0 Å². The van der Waals surface area contributed by atoms with Crippen LogP contribution in [0.4, 0.5) is 21.8 Å². The van der Waals surface area contributed by atoms with Crippen molar-refractivity contribution in [3.05, 3.63) is 161 Å². The Morgan fingerprint density at radius 3 is 1.92 bits per heavy atom. The van der Waals surface area contributed by atoms with Crippen LogP contribution >= 0.6 is 0 Å². The molecule has 0 radical (unpaired) electrons. The third-order valence-electron chi connectivity index (χ3n) is 13.1. The number of benzene rings is 5. The molecular formula is C54H45BF5N3O8. The zero-order valence-corrected chi connectivity index (χ0v) is 39.9. The van der Waals surface area contributed by atoms with Gasteiger partial charge < -0.3 is 23.1 Å². The standard InChI is InChI=1S/C54H45BF5N3O8/c1-9-68-52(66)43-28(5)48(61-30(43)7)47(49-29(6)44(53(67)69-10-2)31(8)63(49)55(59)60)42-26(3)23-35(24-27(42)4)70-22-21-62-50(64)37-17-16-36-39-25-33(32-11-14-34(15-12-32)54(56,57)58)13-19-40(39)71-41-20-18-38(51(62)65)45(37)46(36)41/h11-20,23-25H,9-10,21-22H2,1-8H3/b48-47-. The minimum atomic E-state index is -4.48. The summed E-state index contributed by atoms with van der Waals surface area (Å²) in [4.78, 5) is 59.7. The van der Waals surface area contributed by atoms with Crippen molar-refractivity contribution in [1.29, 1.82) is 0 Å². The van der Waals surface area contributed by atoms with E-state index in [2.05, 4.69) is 0 Å². The number of nitrogens with zero attached hydrogens (tertiary/aromatic N) is 3. The second kappa shape index (κ2) is 18.2. The van der Waals surface area contributed by atoms with Crippen LogP contribution in [0, 0.1) is 27.7 Å². The van der Waals surface area contributed by atoms with Gasteiger partial charge in [0.1, 0.15) is 23.5 Å². The number of carbonyl (C=O) groups excluding carboxylic acids is 2. The second-order valence-electron chi connectivity index (χ2n) is 17.4. The van der Waals surface area contributed by atoms with Crippen LogP contribution in [0.5, 0.6) is 5.75 Å². The fraction of sp³-hybridized carbons (Fsp3) is 0.241. The number of carbonyl (C=O) groups is 2. The van der Waals surface area contributed by atoms with Gasteiger partial charge in [0.05, 0.1) is 47.9 Å². The van der Waals surface area contributed by atoms with E-state index in [1.54, 1.807) is 97.0 Å². The number of esters is 2. The third kappa shape index (κ3) is 8.06. The Hall–Kier alpha value is -7.82. The predicted molar refractivity (Wildman–Crippen MR) is 264 cm³/mol. The molecule has 8 aromatic rings. The van der Waals surface area contributed by atoms with E-state index in [1.807, 2.05) is 6.07 Å². The molecule has 4 heterocycles. The lowest BCUT2D eigenvalue weighted by Crippen LogP contribution is -2.35. The van der Waals surface area contributed by atoms with Crippen LogP contribution in [0.25, 0.3) is 60.2 Å². The number of rotatable bonds is 12. The summed E-state index contributed by atoms with van der Waals surface area (Å²) in [6.07, 6.45) is -4.48. The second-order valence-corrected chi connectivity index (χ2v) is 17.4. The first-order valence-corrected chi connectivity index (χ1v) is 22.8. The number of hydrogen-bond acceptors (Lipinski definition) is 9. The SMILES string of the molecule is CCOC(=O)C1=C(C)/C(=C(\c2c(C)cc(OCCn3c(=O)c4ccc5oc6ccc(-c7ccc(C(F)(F)F)cc7)cc6c6ccc(c3=O)c4c56)cc2C)c2c(C)c(C(=O)OCC)c(C)n2B(F)F)N=C1C. The number of hydrogen-bond donors (Lipinski definition) is 0. The molecule has 0 amide bonds. The number of fused-ring (bicyclic) bond motifs is 2. The number of aryl methyl sites for hydroxylation is 2. The Kier molecular flexibility index (Phi) is 12.3. The number of allylic oxidation sites excluding steroid dienone is 1. The normalized spacial score (nSPS) is 13.8. The molecule has 0 atom stereocenters. The van der Waals surface area contributed by atoms with Crippen LogP contribution in [-0.2, 0) is 27.0 Å². The molecule has 11 nitrogen and oxygen atoms in total. The molecule has 17 heteroatoms. The van der Waals surface area contributed by atoms with Gasteiger partial charge in [-0.1, -0.05) is 24.3 Å². The first kappa shape index (κ1) is 48.2. The quantitative estimate of drug-likeness (QED) is 0.0389. The van der Waals surface area contributed by atoms with Gasteiger partial charge in [-0.15, -0.1) is 0 Å². The van der Waals surface area contributed by atoms with Gasteiger partial charge in [-0.3, -0.25) is 27.8 Å². The van der Waals surface area contributed by atoms with Crippen molar-refractivity contribution in [2.24, 2.45) is 4.99 Å². The topological polar surface area (TPSA) is 131 Å². The number of pyridine rings is 1. The summed E-state index contributed by atoms with van der Waals surface area (Å²) in [6.45, 7) is 13.0. The first-order chi connectivity index (χ1) is 33.8. The largest absolute Gasteiger partial charge is 0.677 e. The van der Waals surface area contributed by atoms with Crippen LogP contribution < -0.4 is 15.9 Å². The first-order valence-electron chi connectivity index (χ1n) is 22.8. The van der Waals surface area contributed by atoms with Crippen molar-refractivity contribution in [3.63, 3.8) is 0 Å². The van der Waals surface area contributed by atoms with E-state index in [4.69, 9.17) is 23.6 Å². The Morgan fingerprint density at radius 1 is 0.704 bits per heavy atom. The zero-order chi connectivity index (χ0) is 51.0. The number of aliphatic imine (C=N–C) groups is 1. The van der Waals surface area contributed by atoms with Crippen molar-refractivity contribution in [2.45, 2.75) is 68.1 Å². The fourth-order valence-corrected chi connectivity index (χ4v) is 10.1.